The highest BCUT2D eigenvalue weighted by molar-refractivity contribution is 5.76. The lowest BCUT2D eigenvalue weighted by Gasteiger charge is -2.44. The van der Waals surface area contributed by atoms with Crippen molar-refractivity contribution < 1.29 is 14.7 Å². The summed E-state index contributed by atoms with van der Waals surface area (Å²) in [6, 6.07) is 1.96. The third kappa shape index (κ3) is 1.78. The quantitative estimate of drug-likeness (QED) is 0.643. The minimum absolute atomic E-state index is 0.115. The Balaban J connectivity index is 2.56. The van der Waals surface area contributed by atoms with Gasteiger partial charge in [-0.05, 0) is 0 Å². The van der Waals surface area contributed by atoms with E-state index in [-0.39, 0.29) is 25.4 Å². The monoisotopic (exact) mass is 182 g/mol. The van der Waals surface area contributed by atoms with Crippen LogP contribution in [0.1, 0.15) is 13.3 Å². The summed E-state index contributed by atoms with van der Waals surface area (Å²) in [5.74, 6) is -1.11. The highest BCUT2D eigenvalue weighted by Gasteiger charge is 2.46. The molecule has 0 aromatic heterocycles. The van der Waals surface area contributed by atoms with E-state index in [9.17, 15) is 9.59 Å². The molecule has 1 aliphatic heterocycles. The Labute approximate surface area is 75.6 Å². The van der Waals surface area contributed by atoms with Crippen molar-refractivity contribution >= 4 is 11.9 Å². The van der Waals surface area contributed by atoms with Crippen molar-refractivity contribution in [1.29, 1.82) is 5.26 Å². The Morgan fingerprint density at radius 2 is 2.15 bits per heavy atom. The van der Waals surface area contributed by atoms with Crippen molar-refractivity contribution in [1.82, 2.24) is 4.90 Å². The van der Waals surface area contributed by atoms with Crippen LogP contribution in [0.25, 0.3) is 0 Å². The van der Waals surface area contributed by atoms with Gasteiger partial charge in [-0.1, -0.05) is 0 Å². The fourth-order valence-electron chi connectivity index (χ4n) is 1.42. The molecule has 0 aromatic carbocycles. The van der Waals surface area contributed by atoms with Gasteiger partial charge < -0.3 is 10.0 Å². The average Bonchev–Trinajstić information content (AvgIpc) is 1.94. The van der Waals surface area contributed by atoms with E-state index < -0.39 is 11.4 Å². The maximum Gasteiger partial charge on any atom is 0.305 e. The molecular formula is C8H10N2O3. The number of hydrogen-bond acceptors (Lipinski definition) is 3. The minimum atomic E-state index is -0.996. The molecule has 0 aliphatic carbocycles. The van der Waals surface area contributed by atoms with Crippen LogP contribution in [0.15, 0.2) is 0 Å². The van der Waals surface area contributed by atoms with E-state index in [2.05, 4.69) is 0 Å². The molecule has 1 heterocycles. The number of carboxylic acids is 1. The molecule has 0 spiro atoms. The van der Waals surface area contributed by atoms with E-state index in [0.29, 0.717) is 0 Å². The van der Waals surface area contributed by atoms with E-state index in [1.165, 1.54) is 11.8 Å². The van der Waals surface area contributed by atoms with Crippen LogP contribution in [0, 0.1) is 16.7 Å². The summed E-state index contributed by atoms with van der Waals surface area (Å²) in [5.41, 5.74) is -0.850. The number of rotatable bonds is 2. The van der Waals surface area contributed by atoms with Crippen molar-refractivity contribution in [2.45, 2.75) is 13.3 Å². The maximum atomic E-state index is 10.8. The molecular weight excluding hydrogens is 172 g/mol. The summed E-state index contributed by atoms with van der Waals surface area (Å²) < 4.78 is 0. The smallest absolute Gasteiger partial charge is 0.305 e. The zero-order valence-corrected chi connectivity index (χ0v) is 7.28. The summed E-state index contributed by atoms with van der Waals surface area (Å²) in [7, 11) is 0. The number of carboxylic acid groups (broad SMARTS) is 1. The van der Waals surface area contributed by atoms with Crippen molar-refractivity contribution in [3.63, 3.8) is 0 Å². The van der Waals surface area contributed by atoms with Gasteiger partial charge in [-0.2, -0.15) is 5.26 Å². The second-order valence-corrected chi connectivity index (χ2v) is 3.34. The van der Waals surface area contributed by atoms with Gasteiger partial charge in [0.05, 0.1) is 12.5 Å². The molecule has 0 radical (unpaired) electrons. The number of aliphatic carboxylic acids is 1. The largest absolute Gasteiger partial charge is 0.481 e. The Bertz CT molecular complexity index is 286. The van der Waals surface area contributed by atoms with Crippen molar-refractivity contribution in [2.24, 2.45) is 5.41 Å². The van der Waals surface area contributed by atoms with Crippen molar-refractivity contribution in [3.05, 3.63) is 0 Å². The van der Waals surface area contributed by atoms with Gasteiger partial charge in [-0.15, -0.1) is 0 Å². The molecule has 1 rings (SSSR count). The molecule has 0 saturated carbocycles. The first-order valence-corrected chi connectivity index (χ1v) is 3.88. The topological polar surface area (TPSA) is 81.4 Å². The van der Waals surface area contributed by atoms with Crippen LogP contribution in [-0.4, -0.2) is 35.0 Å². The molecule has 13 heavy (non-hydrogen) atoms. The highest BCUT2D eigenvalue weighted by Crippen LogP contribution is 2.33. The van der Waals surface area contributed by atoms with Gasteiger partial charge in [-0.3, -0.25) is 9.59 Å². The van der Waals surface area contributed by atoms with E-state index in [0.717, 1.165) is 0 Å². The number of nitriles is 1. The number of amides is 1. The molecule has 1 fully saturated rings. The lowest BCUT2D eigenvalue weighted by atomic mass is 9.78. The van der Waals surface area contributed by atoms with Crippen LogP contribution in [0.2, 0.25) is 0 Å². The van der Waals surface area contributed by atoms with Gasteiger partial charge >= 0.3 is 5.97 Å². The Morgan fingerprint density at radius 3 is 2.46 bits per heavy atom. The van der Waals surface area contributed by atoms with Gasteiger partial charge in [0.25, 0.3) is 0 Å². The maximum absolute atomic E-state index is 10.8. The van der Waals surface area contributed by atoms with E-state index >= 15 is 0 Å². The standard InChI is InChI=1S/C8H10N2O3/c1-6(11)10-4-8(3-9,5-10)2-7(12)13/h2,4-5H2,1H3,(H,12,13). The molecule has 5 nitrogen and oxygen atoms in total. The second-order valence-electron chi connectivity index (χ2n) is 3.34. The zero-order chi connectivity index (χ0) is 10.1. The number of likely N-dealkylation sites (tertiary alicyclic amines) is 1. The van der Waals surface area contributed by atoms with Crippen LogP contribution < -0.4 is 0 Å². The van der Waals surface area contributed by atoms with Crippen LogP contribution >= 0.6 is 0 Å². The summed E-state index contributed by atoms with van der Waals surface area (Å²) in [5, 5.41) is 17.2. The molecule has 0 unspecified atom stereocenters. The SMILES string of the molecule is CC(=O)N1CC(C#N)(CC(=O)O)C1. The molecule has 70 valence electrons. The number of carbonyl (C=O) groups is 2. The second kappa shape index (κ2) is 3.05. The van der Waals surface area contributed by atoms with Crippen molar-refractivity contribution in [3.8, 4) is 6.07 Å². The molecule has 1 N–H and O–H groups in total. The summed E-state index contributed by atoms with van der Waals surface area (Å²) in [6.07, 6.45) is -0.187. The van der Waals surface area contributed by atoms with Crippen LogP contribution in [0.5, 0.6) is 0 Å². The predicted molar refractivity (Wildman–Crippen MR) is 42.6 cm³/mol. The molecule has 5 heteroatoms. The molecule has 0 bridgehead atoms. The van der Waals surface area contributed by atoms with Crippen molar-refractivity contribution in [2.75, 3.05) is 13.1 Å². The first kappa shape index (κ1) is 9.52. The Kier molecular flexibility index (Phi) is 2.24. The number of nitrogens with zero attached hydrogens (tertiary/aromatic N) is 2. The van der Waals surface area contributed by atoms with E-state index in [1.54, 1.807) is 0 Å². The van der Waals surface area contributed by atoms with Crippen LogP contribution in [0.4, 0.5) is 0 Å². The lowest BCUT2D eigenvalue weighted by molar-refractivity contribution is -0.147. The molecule has 0 atom stereocenters. The Hall–Kier alpha value is -1.57. The normalized spacial score (nSPS) is 18.6. The average molecular weight is 182 g/mol. The summed E-state index contributed by atoms with van der Waals surface area (Å²) in [4.78, 5) is 22.6. The van der Waals surface area contributed by atoms with Gasteiger partial charge in [0.15, 0.2) is 0 Å². The third-order valence-electron chi connectivity index (χ3n) is 2.16. The van der Waals surface area contributed by atoms with Crippen LogP contribution in [-0.2, 0) is 9.59 Å². The fourth-order valence-corrected chi connectivity index (χ4v) is 1.42. The zero-order valence-electron chi connectivity index (χ0n) is 7.28. The summed E-state index contributed by atoms with van der Waals surface area (Å²) >= 11 is 0. The van der Waals surface area contributed by atoms with Gasteiger partial charge in [0.2, 0.25) is 5.91 Å². The fraction of sp³-hybridized carbons (Fsp3) is 0.625. The van der Waals surface area contributed by atoms with E-state index in [4.69, 9.17) is 10.4 Å². The van der Waals surface area contributed by atoms with Gasteiger partial charge in [-0.25, -0.2) is 0 Å². The molecule has 1 amide bonds. The minimum Gasteiger partial charge on any atom is -0.481 e. The summed E-state index contributed by atoms with van der Waals surface area (Å²) in [6.45, 7) is 1.89. The van der Waals surface area contributed by atoms with Gasteiger partial charge in [0, 0.05) is 20.0 Å². The molecule has 0 aromatic rings. The highest BCUT2D eigenvalue weighted by atomic mass is 16.4. The first-order valence-electron chi connectivity index (χ1n) is 3.88. The van der Waals surface area contributed by atoms with E-state index in [1.807, 2.05) is 6.07 Å². The third-order valence-corrected chi connectivity index (χ3v) is 2.16. The lowest BCUT2D eigenvalue weighted by Crippen LogP contribution is -2.57. The molecule has 1 saturated heterocycles. The predicted octanol–water partition coefficient (Wildman–Crippen LogP) is -0.167. The number of hydrogen-bond donors (Lipinski definition) is 1. The van der Waals surface area contributed by atoms with Gasteiger partial charge in [0.1, 0.15) is 5.41 Å². The first-order chi connectivity index (χ1) is 5.99. The Morgan fingerprint density at radius 1 is 1.62 bits per heavy atom. The van der Waals surface area contributed by atoms with Crippen LogP contribution in [0.3, 0.4) is 0 Å². The number of carbonyl (C=O) groups excluding carboxylic acids is 1. The molecule has 1 aliphatic rings.